The maximum atomic E-state index is 5.97. The molecule has 0 spiro atoms. The molecule has 0 bridgehead atoms. The van der Waals surface area contributed by atoms with E-state index in [2.05, 4.69) is 169 Å². The molecule has 4 nitrogen and oxygen atoms in total. The number of nitrogens with zero attached hydrogens (tertiary/aromatic N) is 2. The smallest absolute Gasteiger partial charge is 0.135 e. The summed E-state index contributed by atoms with van der Waals surface area (Å²) in [5.74, 6) is 0.635. The van der Waals surface area contributed by atoms with Gasteiger partial charge in [-0.15, -0.1) is 0 Å². The van der Waals surface area contributed by atoms with Crippen molar-refractivity contribution in [1.29, 1.82) is 0 Å². The topological polar surface area (TPSA) is 52.1 Å². The molecule has 0 amide bonds. The summed E-state index contributed by atoms with van der Waals surface area (Å²) >= 11 is 3.27. The number of halogens is 1. The number of furan rings is 2. The van der Waals surface area contributed by atoms with Crippen molar-refractivity contribution in [3.63, 3.8) is 0 Å². The fraction of sp³-hybridized carbons (Fsp3) is 0.292. The highest BCUT2D eigenvalue weighted by molar-refractivity contribution is 9.09. The summed E-state index contributed by atoms with van der Waals surface area (Å²) in [7, 11) is -2.76. The Morgan fingerprint density at radius 3 is 1.40 bits per heavy atom. The van der Waals surface area contributed by atoms with Gasteiger partial charge in [-0.3, -0.25) is 9.97 Å². The molecule has 0 aliphatic heterocycles. The van der Waals surface area contributed by atoms with Gasteiger partial charge in [0.1, 0.15) is 22.3 Å². The Hall–Kier alpha value is -4.31. The largest absolute Gasteiger partial charge is 0.456 e. The van der Waals surface area contributed by atoms with Gasteiger partial charge in [-0.05, 0) is 101 Å². The second-order valence-electron chi connectivity index (χ2n) is 17.3. The van der Waals surface area contributed by atoms with E-state index in [4.69, 9.17) is 18.8 Å². The van der Waals surface area contributed by atoms with Gasteiger partial charge in [0.2, 0.25) is 0 Å². The van der Waals surface area contributed by atoms with Crippen molar-refractivity contribution in [2.45, 2.75) is 85.1 Å². The lowest BCUT2D eigenvalue weighted by molar-refractivity contribution is 0.649. The lowest BCUT2D eigenvalue weighted by Crippen LogP contribution is -2.40. The van der Waals surface area contributed by atoms with Crippen LogP contribution in [0.1, 0.15) is 38.8 Å². The molecule has 0 aliphatic carbocycles. The Bertz CT molecular complexity index is 2590. The predicted octanol–water partition coefficient (Wildman–Crippen LogP) is 13.7. The molecule has 4 heterocycles. The minimum atomic E-state index is -1.42. The third kappa shape index (κ3) is 9.39. The minimum Gasteiger partial charge on any atom is -0.456 e. The predicted molar refractivity (Wildman–Crippen MR) is 247 cm³/mol. The molecule has 0 aliphatic rings. The van der Waals surface area contributed by atoms with Gasteiger partial charge in [0, 0.05) is 49.9 Å². The van der Waals surface area contributed by atoms with E-state index in [0.717, 1.165) is 72.8 Å². The third-order valence-electron chi connectivity index (χ3n) is 9.69. The summed E-state index contributed by atoms with van der Waals surface area (Å²) in [6.07, 6.45) is 5.32. The Morgan fingerprint density at radius 2 is 0.964 bits per heavy atom. The van der Waals surface area contributed by atoms with Gasteiger partial charge in [0.05, 0.1) is 27.5 Å². The number of alkyl halides is 1. The van der Waals surface area contributed by atoms with Crippen molar-refractivity contribution in [1.82, 2.24) is 9.97 Å². The Balaban J connectivity index is 0.000000172. The summed E-state index contributed by atoms with van der Waals surface area (Å²) in [5.41, 5.74) is 10.9. The van der Waals surface area contributed by atoms with Crippen molar-refractivity contribution in [2.24, 2.45) is 5.92 Å². The zero-order valence-electron chi connectivity index (χ0n) is 34.3. The normalized spacial score (nSPS) is 12.0. The van der Waals surface area contributed by atoms with Crippen molar-refractivity contribution >= 4 is 86.3 Å². The second kappa shape index (κ2) is 16.4. The van der Waals surface area contributed by atoms with Crippen LogP contribution in [0.5, 0.6) is 0 Å². The third-order valence-corrected chi connectivity index (χ3v) is 13.9. The van der Waals surface area contributed by atoms with E-state index in [0.29, 0.717) is 10.7 Å². The number of rotatable bonds is 6. The average Bonchev–Trinajstić information content (AvgIpc) is 3.68. The summed E-state index contributed by atoms with van der Waals surface area (Å²) in [6, 6.07) is 33.7. The fourth-order valence-corrected chi connectivity index (χ4v) is 10.5. The average molecular weight is 828 g/mol. The summed E-state index contributed by atoms with van der Waals surface area (Å²) in [6.45, 7) is 25.2. The summed E-state index contributed by atoms with van der Waals surface area (Å²) in [4.78, 5) is 10.3. The van der Waals surface area contributed by atoms with Crippen LogP contribution in [0.3, 0.4) is 0 Å². The highest BCUT2D eigenvalue weighted by Gasteiger charge is 2.22. The first-order valence-electron chi connectivity index (χ1n) is 19.4. The molecule has 55 heavy (non-hydrogen) atoms. The van der Waals surface area contributed by atoms with Crippen LogP contribution in [0, 0.1) is 12.8 Å². The lowest BCUT2D eigenvalue weighted by Gasteiger charge is -2.22. The van der Waals surface area contributed by atoms with Gasteiger partial charge in [0.25, 0.3) is 0 Å². The minimum absolute atomic E-state index is 0.635. The number of fused-ring (bicyclic) bond motifs is 6. The number of aryl methyl sites for hydroxylation is 1. The first-order valence-corrected chi connectivity index (χ1v) is 27.3. The lowest BCUT2D eigenvalue weighted by atomic mass is 10.0. The van der Waals surface area contributed by atoms with Crippen LogP contribution in [0.4, 0.5) is 0 Å². The molecule has 284 valence electrons. The van der Waals surface area contributed by atoms with Crippen LogP contribution in [0.2, 0.25) is 39.3 Å². The number of hydrogen-bond acceptors (Lipinski definition) is 4. The van der Waals surface area contributed by atoms with Gasteiger partial charge < -0.3 is 8.83 Å². The standard InChI is InChI=1S/C24H27NOSi.C21H21NOSi.C3H7Br/c1-16(2)12-18-14-21(25-15-24(18)27(3,4)5)17-10-11-23-20(13-17)19-8-6-7-9-22(19)26-23;1-14-11-18(22-13-21(14)24(2,3)4)15-9-10-20-17(12-15)16-7-5-6-8-19(16)23-20;1-3(2)4/h6-11,13-16H,12H2,1-5H3;5-13H,1-4H3;3H,1-2H3. The van der Waals surface area contributed by atoms with Crippen LogP contribution >= 0.6 is 15.9 Å². The fourth-order valence-electron chi connectivity index (χ4n) is 7.21. The summed E-state index contributed by atoms with van der Waals surface area (Å²) < 4.78 is 11.9. The van der Waals surface area contributed by atoms with Gasteiger partial charge in [0.15, 0.2) is 0 Å². The van der Waals surface area contributed by atoms with Crippen LogP contribution in [-0.4, -0.2) is 30.9 Å². The molecule has 0 saturated heterocycles. The van der Waals surface area contributed by atoms with Crippen LogP contribution in [-0.2, 0) is 6.42 Å². The first-order chi connectivity index (χ1) is 26.0. The van der Waals surface area contributed by atoms with Gasteiger partial charge in [-0.25, -0.2) is 0 Å². The quantitative estimate of drug-likeness (QED) is 0.124. The molecule has 7 heteroatoms. The Morgan fingerprint density at radius 1 is 0.545 bits per heavy atom. The van der Waals surface area contributed by atoms with Crippen molar-refractivity contribution in [3.8, 4) is 22.5 Å². The monoisotopic (exact) mass is 826 g/mol. The highest BCUT2D eigenvalue weighted by atomic mass is 79.9. The molecule has 0 N–H and O–H groups in total. The maximum absolute atomic E-state index is 5.97. The Labute approximate surface area is 337 Å². The first kappa shape index (κ1) is 40.4. The summed E-state index contributed by atoms with van der Waals surface area (Å²) in [5, 5.41) is 7.54. The zero-order chi connectivity index (χ0) is 39.7. The highest BCUT2D eigenvalue weighted by Crippen LogP contribution is 2.33. The van der Waals surface area contributed by atoms with Crippen molar-refractivity contribution in [3.05, 3.63) is 121 Å². The van der Waals surface area contributed by atoms with E-state index in [1.54, 1.807) is 0 Å². The van der Waals surface area contributed by atoms with Crippen molar-refractivity contribution in [2.75, 3.05) is 0 Å². The number of pyridine rings is 2. The molecule has 0 unspecified atom stereocenters. The molecule has 4 aromatic heterocycles. The van der Waals surface area contributed by atoms with Gasteiger partial charge in [-0.1, -0.05) is 119 Å². The SMILES string of the molecule is CC(C)Br.CC(C)Cc1cc(-c2ccc3oc4ccccc4c3c2)ncc1[Si](C)(C)C.Cc1cc(-c2ccc3oc4ccccc4c3c2)ncc1[Si](C)(C)C. The van der Waals surface area contributed by atoms with E-state index in [9.17, 15) is 0 Å². The number of benzene rings is 4. The molecule has 0 saturated carbocycles. The maximum Gasteiger partial charge on any atom is 0.135 e. The van der Waals surface area contributed by atoms with E-state index in [1.807, 2.05) is 30.3 Å². The van der Waals surface area contributed by atoms with Crippen LogP contribution in [0.25, 0.3) is 66.4 Å². The van der Waals surface area contributed by atoms with E-state index >= 15 is 0 Å². The zero-order valence-corrected chi connectivity index (χ0v) is 37.9. The molecule has 0 atom stereocenters. The van der Waals surface area contributed by atoms with Gasteiger partial charge in [-0.2, -0.15) is 0 Å². The Kier molecular flexibility index (Phi) is 12.1. The molecule has 0 fully saturated rings. The number of aromatic nitrogens is 2. The van der Waals surface area contributed by atoms with Crippen molar-refractivity contribution < 1.29 is 8.83 Å². The molecular weight excluding hydrogens is 773 g/mol. The van der Waals surface area contributed by atoms with E-state index in [1.165, 1.54) is 21.5 Å². The molecule has 8 rings (SSSR count). The van der Waals surface area contributed by atoms with E-state index in [-0.39, 0.29) is 0 Å². The molecule has 0 radical (unpaired) electrons. The second-order valence-corrected chi connectivity index (χ2v) is 29.2. The number of hydrogen-bond donors (Lipinski definition) is 0. The van der Waals surface area contributed by atoms with E-state index < -0.39 is 16.1 Å². The van der Waals surface area contributed by atoms with Gasteiger partial charge >= 0.3 is 0 Å². The molecule has 8 aromatic rings. The number of para-hydroxylation sites is 2. The molecular formula is C48H55BrN2O2Si2. The van der Waals surface area contributed by atoms with Crippen LogP contribution in [0.15, 0.2) is 118 Å². The van der Waals surface area contributed by atoms with Crippen LogP contribution < -0.4 is 10.4 Å². The molecule has 4 aromatic carbocycles.